The normalized spacial score (nSPS) is 12.1. The van der Waals surface area contributed by atoms with Gasteiger partial charge in [0.15, 0.2) is 0 Å². The molecule has 7 nitrogen and oxygen atoms in total. The Morgan fingerprint density at radius 3 is 2.65 bits per heavy atom. The molecule has 2 rings (SSSR count). The first kappa shape index (κ1) is 19.2. The maximum atomic E-state index is 11.9. The summed E-state index contributed by atoms with van der Waals surface area (Å²) in [6.07, 6.45) is 3.08. The van der Waals surface area contributed by atoms with Crippen LogP contribution in [0.4, 0.5) is 5.69 Å². The van der Waals surface area contributed by atoms with Crippen molar-refractivity contribution in [1.82, 2.24) is 10.3 Å². The van der Waals surface area contributed by atoms with Crippen molar-refractivity contribution >= 4 is 34.5 Å². The topological polar surface area (TPSA) is 123 Å². The van der Waals surface area contributed by atoms with Crippen molar-refractivity contribution < 1.29 is 9.59 Å². The summed E-state index contributed by atoms with van der Waals surface area (Å²) in [6, 6.07) is 7.16. The van der Waals surface area contributed by atoms with Gasteiger partial charge in [-0.25, -0.2) is 4.98 Å². The molecule has 136 valence electrons. The number of nitrogens with zero attached hydrogens (tertiary/aromatic N) is 1. The van der Waals surface area contributed by atoms with Crippen LogP contribution in [0, 0.1) is 5.92 Å². The van der Waals surface area contributed by atoms with E-state index >= 15 is 0 Å². The predicted molar refractivity (Wildman–Crippen MR) is 104 cm³/mol. The summed E-state index contributed by atoms with van der Waals surface area (Å²) in [7, 11) is 0. The lowest BCUT2D eigenvalue weighted by molar-refractivity contribution is -0.118. The van der Waals surface area contributed by atoms with Gasteiger partial charge >= 0.3 is 0 Å². The van der Waals surface area contributed by atoms with E-state index in [0.717, 1.165) is 5.56 Å². The Labute approximate surface area is 155 Å². The highest BCUT2D eigenvalue weighted by Gasteiger charge is 2.08. The minimum atomic E-state index is -0.384. The van der Waals surface area contributed by atoms with Gasteiger partial charge in [0.2, 0.25) is 5.91 Å². The molecule has 2 amide bonds. The number of allylic oxidation sites excluding steroid dienone is 2. The number of aromatic nitrogens is 1. The zero-order valence-electron chi connectivity index (χ0n) is 14.5. The van der Waals surface area contributed by atoms with E-state index in [0.29, 0.717) is 17.1 Å². The first-order valence-electron chi connectivity index (χ1n) is 7.90. The van der Waals surface area contributed by atoms with Crippen LogP contribution in [0.3, 0.4) is 0 Å². The molecule has 0 aliphatic rings. The molecule has 1 aromatic heterocycles. The highest BCUT2D eigenvalue weighted by atomic mass is 32.1. The average molecular weight is 371 g/mol. The van der Waals surface area contributed by atoms with Crippen LogP contribution in [0.2, 0.25) is 0 Å². The second-order valence-corrected chi connectivity index (χ2v) is 6.52. The number of hydrogen-bond donors (Lipinski definition) is 4. The van der Waals surface area contributed by atoms with E-state index in [1.165, 1.54) is 17.4 Å². The van der Waals surface area contributed by atoms with E-state index in [1.807, 2.05) is 19.9 Å². The summed E-state index contributed by atoms with van der Waals surface area (Å²) < 4.78 is 0. The summed E-state index contributed by atoms with van der Waals surface area (Å²) >= 11 is 1.32. The molecule has 0 unspecified atom stereocenters. The van der Waals surface area contributed by atoms with Crippen LogP contribution in [-0.2, 0) is 4.79 Å². The van der Waals surface area contributed by atoms with Crippen molar-refractivity contribution in [1.29, 1.82) is 0 Å². The lowest BCUT2D eigenvalue weighted by Gasteiger charge is -2.09. The lowest BCUT2D eigenvalue weighted by atomic mass is 10.1. The Morgan fingerprint density at radius 2 is 2.00 bits per heavy atom. The fourth-order valence-electron chi connectivity index (χ4n) is 1.90. The van der Waals surface area contributed by atoms with E-state index in [9.17, 15) is 9.59 Å². The number of thiazole rings is 1. The number of anilines is 1. The van der Waals surface area contributed by atoms with Crippen molar-refractivity contribution in [2.24, 2.45) is 17.4 Å². The molecule has 0 spiro atoms. The van der Waals surface area contributed by atoms with Crippen LogP contribution < -0.4 is 22.1 Å². The molecule has 1 aromatic carbocycles. The Balaban J connectivity index is 2.06. The zero-order valence-corrected chi connectivity index (χ0v) is 15.3. The quantitative estimate of drug-likeness (QED) is 0.580. The van der Waals surface area contributed by atoms with Crippen molar-refractivity contribution in [3.8, 4) is 0 Å². The summed E-state index contributed by atoms with van der Waals surface area (Å²) in [4.78, 5) is 27.5. The van der Waals surface area contributed by atoms with Gasteiger partial charge in [-0.3, -0.25) is 9.59 Å². The van der Waals surface area contributed by atoms with Gasteiger partial charge in [0, 0.05) is 22.7 Å². The molecular formula is C18H21N5O2S. The minimum Gasteiger partial charge on any atom is -0.398 e. The average Bonchev–Trinajstić information content (AvgIpc) is 3.14. The molecule has 0 radical (unpaired) electrons. The number of benzene rings is 1. The van der Waals surface area contributed by atoms with E-state index < -0.39 is 0 Å². The van der Waals surface area contributed by atoms with Crippen molar-refractivity contribution in [3.63, 3.8) is 0 Å². The van der Waals surface area contributed by atoms with Gasteiger partial charge in [-0.15, -0.1) is 11.3 Å². The van der Waals surface area contributed by atoms with E-state index in [4.69, 9.17) is 11.5 Å². The molecule has 0 saturated heterocycles. The van der Waals surface area contributed by atoms with Gasteiger partial charge in [0.05, 0.1) is 5.51 Å². The molecule has 26 heavy (non-hydrogen) atoms. The minimum absolute atomic E-state index is 0.0707. The summed E-state index contributed by atoms with van der Waals surface area (Å²) in [5.74, 6) is -0.421. The maximum Gasteiger partial charge on any atom is 0.276 e. The van der Waals surface area contributed by atoms with Gasteiger partial charge in [0.25, 0.3) is 5.91 Å². The summed E-state index contributed by atoms with van der Waals surface area (Å²) in [5.41, 5.74) is 15.5. The third-order valence-electron chi connectivity index (χ3n) is 3.35. The molecule has 0 atom stereocenters. The number of hydrogen-bond acceptors (Lipinski definition) is 6. The third kappa shape index (κ3) is 5.45. The highest BCUT2D eigenvalue weighted by Crippen LogP contribution is 2.16. The van der Waals surface area contributed by atoms with Gasteiger partial charge in [-0.05, 0) is 29.8 Å². The number of nitrogens with one attached hydrogen (secondary N) is 2. The molecular weight excluding hydrogens is 350 g/mol. The first-order valence-corrected chi connectivity index (χ1v) is 8.85. The van der Waals surface area contributed by atoms with Gasteiger partial charge in [0.1, 0.15) is 11.5 Å². The third-order valence-corrected chi connectivity index (χ3v) is 3.94. The van der Waals surface area contributed by atoms with Crippen molar-refractivity contribution in [2.45, 2.75) is 13.8 Å². The Morgan fingerprint density at radius 1 is 1.23 bits per heavy atom. The molecule has 1 heterocycles. The fraction of sp³-hybridized carbons (Fsp3) is 0.167. The number of carbonyl (C=O) groups is 2. The SMILES string of the molecule is CC(C)C(=O)Nc1cccc(/C(N)=C/C=C(\N)NC(=O)c2cscn2)c1. The molecule has 2 aromatic rings. The van der Waals surface area contributed by atoms with E-state index in [1.54, 1.807) is 35.2 Å². The van der Waals surface area contributed by atoms with Crippen LogP contribution in [0.5, 0.6) is 0 Å². The van der Waals surface area contributed by atoms with E-state index in [2.05, 4.69) is 15.6 Å². The van der Waals surface area contributed by atoms with Crippen LogP contribution in [0.1, 0.15) is 29.9 Å². The molecule has 0 aliphatic carbocycles. The smallest absolute Gasteiger partial charge is 0.276 e. The number of amides is 2. The Hall–Kier alpha value is -3.13. The maximum absolute atomic E-state index is 11.9. The lowest BCUT2D eigenvalue weighted by Crippen LogP contribution is -2.27. The molecule has 8 heteroatoms. The highest BCUT2D eigenvalue weighted by molar-refractivity contribution is 7.07. The number of nitrogens with two attached hydrogens (primary N) is 2. The zero-order chi connectivity index (χ0) is 19.1. The van der Waals surface area contributed by atoms with Gasteiger partial charge in [-0.1, -0.05) is 26.0 Å². The van der Waals surface area contributed by atoms with Crippen molar-refractivity contribution in [2.75, 3.05) is 5.32 Å². The molecule has 6 N–H and O–H groups in total. The van der Waals surface area contributed by atoms with Crippen molar-refractivity contribution in [3.05, 3.63) is 64.4 Å². The fourth-order valence-corrected chi connectivity index (χ4v) is 2.43. The monoisotopic (exact) mass is 371 g/mol. The predicted octanol–water partition coefficient (Wildman–Crippen LogP) is 2.27. The first-order chi connectivity index (χ1) is 12.4. The molecule has 0 bridgehead atoms. The van der Waals surface area contributed by atoms with Crippen LogP contribution in [-0.4, -0.2) is 16.8 Å². The van der Waals surface area contributed by atoms with E-state index in [-0.39, 0.29) is 23.6 Å². The van der Waals surface area contributed by atoms with Crippen LogP contribution >= 0.6 is 11.3 Å². The van der Waals surface area contributed by atoms with Crippen LogP contribution in [0.25, 0.3) is 5.70 Å². The Kier molecular flexibility index (Phi) is 6.51. The summed E-state index contributed by atoms with van der Waals surface area (Å²) in [5, 5.41) is 6.97. The Bertz CT molecular complexity index is 841. The van der Waals surface area contributed by atoms with Gasteiger partial charge < -0.3 is 22.1 Å². The molecule has 0 fully saturated rings. The largest absolute Gasteiger partial charge is 0.398 e. The van der Waals surface area contributed by atoms with Crippen LogP contribution in [0.15, 0.2) is 53.1 Å². The van der Waals surface area contributed by atoms with Gasteiger partial charge in [-0.2, -0.15) is 0 Å². The second kappa shape index (κ2) is 8.82. The number of rotatable bonds is 6. The number of carbonyl (C=O) groups excluding carboxylic acids is 2. The second-order valence-electron chi connectivity index (χ2n) is 5.80. The standard InChI is InChI=1S/C18H21N5O2S/c1-11(2)17(24)22-13-5-3-4-12(8-13)14(19)6-7-16(20)23-18(25)15-9-26-10-21-15/h3-11H,19-20H2,1-2H3,(H,22,24)(H,23,25)/b14-6-,16-7+. The molecule has 0 aliphatic heterocycles. The molecule has 0 saturated carbocycles. The summed E-state index contributed by atoms with van der Waals surface area (Å²) in [6.45, 7) is 3.64.